The van der Waals surface area contributed by atoms with Crippen molar-refractivity contribution >= 4 is 11.5 Å². The van der Waals surface area contributed by atoms with E-state index in [2.05, 4.69) is 19.2 Å². The number of rotatable bonds is 5. The smallest absolute Gasteiger partial charge is 0.148 e. The van der Waals surface area contributed by atoms with Gasteiger partial charge in [0, 0.05) is 5.69 Å². The Labute approximate surface area is 96.8 Å². The molecular formula is C13H19NO2. The summed E-state index contributed by atoms with van der Waals surface area (Å²) >= 11 is 0. The van der Waals surface area contributed by atoms with Gasteiger partial charge in [-0.2, -0.15) is 0 Å². The number of benzene rings is 1. The van der Waals surface area contributed by atoms with Crippen molar-refractivity contribution in [3.63, 3.8) is 0 Å². The molecule has 0 bridgehead atoms. The second-order valence-corrected chi connectivity index (χ2v) is 4.17. The number of Topliss-reactive ketones (excluding diaryl/α,β-unsaturated/α-hetero) is 1. The molecule has 3 nitrogen and oxygen atoms in total. The molecule has 1 aromatic rings. The van der Waals surface area contributed by atoms with Gasteiger partial charge in [0.1, 0.15) is 11.5 Å². The summed E-state index contributed by atoms with van der Waals surface area (Å²) in [5.41, 5.74) is 2.11. The number of carbonyl (C=O) groups excluding carboxylic acids is 1. The molecule has 16 heavy (non-hydrogen) atoms. The number of methoxy groups -OCH3 is 1. The minimum atomic E-state index is 0.127. The van der Waals surface area contributed by atoms with E-state index in [-0.39, 0.29) is 5.78 Å². The molecule has 1 aromatic carbocycles. The summed E-state index contributed by atoms with van der Waals surface area (Å²) < 4.78 is 5.29. The molecule has 0 saturated carbocycles. The molecule has 0 aliphatic rings. The van der Waals surface area contributed by atoms with Gasteiger partial charge in [-0.05, 0) is 36.6 Å². The third-order valence-corrected chi connectivity index (χ3v) is 2.39. The van der Waals surface area contributed by atoms with Crippen molar-refractivity contribution < 1.29 is 9.53 Å². The average molecular weight is 221 g/mol. The number of ketones is 1. The van der Waals surface area contributed by atoms with Gasteiger partial charge in [0.25, 0.3) is 0 Å². The topological polar surface area (TPSA) is 38.3 Å². The molecule has 0 heterocycles. The summed E-state index contributed by atoms with van der Waals surface area (Å²) in [6, 6.07) is 5.89. The van der Waals surface area contributed by atoms with E-state index in [1.54, 1.807) is 14.0 Å². The Morgan fingerprint density at radius 3 is 2.62 bits per heavy atom. The van der Waals surface area contributed by atoms with Crippen LogP contribution in [0.2, 0.25) is 0 Å². The first-order chi connectivity index (χ1) is 7.54. The Morgan fingerprint density at radius 2 is 2.12 bits per heavy atom. The SMILES string of the molecule is COc1ccc(NCC(C)=O)cc1C(C)C. The molecule has 0 spiro atoms. The van der Waals surface area contributed by atoms with Crippen molar-refractivity contribution in [2.45, 2.75) is 26.7 Å². The summed E-state index contributed by atoms with van der Waals surface area (Å²) in [4.78, 5) is 10.9. The standard InChI is InChI=1S/C13H19NO2/c1-9(2)12-7-11(14-8-10(3)15)5-6-13(12)16-4/h5-7,9,14H,8H2,1-4H3. The van der Waals surface area contributed by atoms with Crippen LogP contribution in [0, 0.1) is 0 Å². The number of nitrogens with one attached hydrogen (secondary N) is 1. The van der Waals surface area contributed by atoms with Gasteiger partial charge < -0.3 is 10.1 Å². The maximum Gasteiger partial charge on any atom is 0.148 e. The second-order valence-electron chi connectivity index (χ2n) is 4.17. The normalized spacial score (nSPS) is 10.3. The van der Waals surface area contributed by atoms with Crippen LogP contribution in [0.15, 0.2) is 18.2 Å². The highest BCUT2D eigenvalue weighted by Gasteiger charge is 2.08. The van der Waals surface area contributed by atoms with Gasteiger partial charge in [-0.15, -0.1) is 0 Å². The fraction of sp³-hybridized carbons (Fsp3) is 0.462. The first-order valence-electron chi connectivity index (χ1n) is 5.46. The Hall–Kier alpha value is -1.51. The van der Waals surface area contributed by atoms with Gasteiger partial charge in [-0.1, -0.05) is 13.8 Å². The zero-order valence-corrected chi connectivity index (χ0v) is 10.3. The lowest BCUT2D eigenvalue weighted by atomic mass is 10.0. The van der Waals surface area contributed by atoms with E-state index in [4.69, 9.17) is 4.74 Å². The predicted molar refractivity (Wildman–Crippen MR) is 66.3 cm³/mol. The third kappa shape index (κ3) is 3.26. The molecule has 0 atom stereocenters. The van der Waals surface area contributed by atoms with Crippen LogP contribution in [0.1, 0.15) is 32.3 Å². The summed E-state index contributed by atoms with van der Waals surface area (Å²) in [6.07, 6.45) is 0. The molecule has 0 radical (unpaired) electrons. The molecule has 0 aliphatic carbocycles. The van der Waals surface area contributed by atoms with E-state index in [9.17, 15) is 4.79 Å². The van der Waals surface area contributed by atoms with Crippen molar-refractivity contribution in [1.82, 2.24) is 0 Å². The first kappa shape index (κ1) is 12.6. The third-order valence-electron chi connectivity index (χ3n) is 2.39. The molecule has 0 saturated heterocycles. The van der Waals surface area contributed by atoms with E-state index in [1.807, 2.05) is 18.2 Å². The first-order valence-corrected chi connectivity index (χ1v) is 5.46. The second kappa shape index (κ2) is 5.54. The lowest BCUT2D eigenvalue weighted by Crippen LogP contribution is -2.10. The van der Waals surface area contributed by atoms with Crippen LogP contribution >= 0.6 is 0 Å². The zero-order valence-electron chi connectivity index (χ0n) is 10.3. The fourth-order valence-corrected chi connectivity index (χ4v) is 1.52. The number of hydrogen-bond donors (Lipinski definition) is 1. The van der Waals surface area contributed by atoms with Crippen molar-refractivity contribution in [3.05, 3.63) is 23.8 Å². The number of hydrogen-bond acceptors (Lipinski definition) is 3. The molecule has 0 aromatic heterocycles. The van der Waals surface area contributed by atoms with E-state index >= 15 is 0 Å². The molecule has 1 N–H and O–H groups in total. The van der Waals surface area contributed by atoms with E-state index in [1.165, 1.54) is 0 Å². The van der Waals surface area contributed by atoms with E-state index in [0.29, 0.717) is 12.5 Å². The zero-order chi connectivity index (χ0) is 12.1. The molecular weight excluding hydrogens is 202 g/mol. The number of anilines is 1. The lowest BCUT2D eigenvalue weighted by molar-refractivity contribution is -0.115. The molecule has 0 aliphatic heterocycles. The van der Waals surface area contributed by atoms with Crippen molar-refractivity contribution in [2.24, 2.45) is 0 Å². The van der Waals surface area contributed by atoms with Crippen LogP contribution in [0.4, 0.5) is 5.69 Å². The highest BCUT2D eigenvalue weighted by Crippen LogP contribution is 2.28. The Balaban J connectivity index is 2.89. The van der Waals surface area contributed by atoms with Gasteiger partial charge >= 0.3 is 0 Å². The number of carbonyl (C=O) groups is 1. The van der Waals surface area contributed by atoms with Crippen LogP contribution in [0.3, 0.4) is 0 Å². The molecule has 0 unspecified atom stereocenters. The highest BCUT2D eigenvalue weighted by molar-refractivity contribution is 5.80. The van der Waals surface area contributed by atoms with Crippen LogP contribution in [0.25, 0.3) is 0 Å². The van der Waals surface area contributed by atoms with Crippen LogP contribution in [-0.4, -0.2) is 19.4 Å². The Morgan fingerprint density at radius 1 is 1.44 bits per heavy atom. The van der Waals surface area contributed by atoms with Crippen molar-refractivity contribution in [3.8, 4) is 5.75 Å². The summed E-state index contributed by atoms with van der Waals surface area (Å²) in [7, 11) is 1.67. The Kier molecular flexibility index (Phi) is 4.35. The highest BCUT2D eigenvalue weighted by atomic mass is 16.5. The van der Waals surface area contributed by atoms with Gasteiger partial charge in [0.15, 0.2) is 0 Å². The van der Waals surface area contributed by atoms with E-state index in [0.717, 1.165) is 17.0 Å². The molecule has 0 amide bonds. The van der Waals surface area contributed by atoms with Crippen molar-refractivity contribution in [2.75, 3.05) is 19.0 Å². The maximum absolute atomic E-state index is 10.9. The van der Waals surface area contributed by atoms with Gasteiger partial charge in [-0.3, -0.25) is 4.79 Å². The predicted octanol–water partition coefficient (Wildman–Crippen LogP) is 2.82. The quantitative estimate of drug-likeness (QED) is 0.830. The molecule has 3 heteroatoms. The van der Waals surface area contributed by atoms with Crippen LogP contribution < -0.4 is 10.1 Å². The number of ether oxygens (including phenoxy) is 1. The molecule has 88 valence electrons. The average Bonchev–Trinajstić information content (AvgIpc) is 2.25. The van der Waals surface area contributed by atoms with Gasteiger partial charge in [0.05, 0.1) is 13.7 Å². The monoisotopic (exact) mass is 221 g/mol. The van der Waals surface area contributed by atoms with Crippen LogP contribution in [0.5, 0.6) is 5.75 Å². The summed E-state index contributed by atoms with van der Waals surface area (Å²) in [5, 5.41) is 3.09. The minimum absolute atomic E-state index is 0.127. The summed E-state index contributed by atoms with van der Waals surface area (Å²) in [6.45, 7) is 6.17. The summed E-state index contributed by atoms with van der Waals surface area (Å²) in [5.74, 6) is 1.42. The fourth-order valence-electron chi connectivity index (χ4n) is 1.52. The van der Waals surface area contributed by atoms with E-state index < -0.39 is 0 Å². The van der Waals surface area contributed by atoms with Crippen LogP contribution in [-0.2, 0) is 4.79 Å². The van der Waals surface area contributed by atoms with Gasteiger partial charge in [0.2, 0.25) is 0 Å². The maximum atomic E-state index is 10.9. The molecule has 0 fully saturated rings. The minimum Gasteiger partial charge on any atom is -0.496 e. The Bertz CT molecular complexity index is 372. The van der Waals surface area contributed by atoms with Gasteiger partial charge in [-0.25, -0.2) is 0 Å². The van der Waals surface area contributed by atoms with Crippen molar-refractivity contribution in [1.29, 1.82) is 0 Å². The largest absolute Gasteiger partial charge is 0.496 e. The lowest BCUT2D eigenvalue weighted by Gasteiger charge is -2.14. The molecule has 1 rings (SSSR count).